The number of pyridine rings is 2. The van der Waals surface area contributed by atoms with E-state index in [-0.39, 0.29) is 5.41 Å². The SMILES string of the molecule is CC(C)CC(C)(c1ccc(-c2cccc(-n3c4ccccc4c4ccccc43)n2)cc1)c1ccc(-c2cccc(-n3c4ccccc4c4ccccc43)n2)cc1. The Hall–Kier alpha value is -6.78. The molecule has 0 aliphatic carbocycles. The maximum absolute atomic E-state index is 5.23. The van der Waals surface area contributed by atoms with Crippen molar-refractivity contribution in [1.29, 1.82) is 0 Å². The molecule has 56 heavy (non-hydrogen) atoms. The van der Waals surface area contributed by atoms with E-state index in [4.69, 9.17) is 9.97 Å². The number of hydrogen-bond acceptors (Lipinski definition) is 2. The van der Waals surface area contributed by atoms with Crippen molar-refractivity contribution >= 4 is 43.6 Å². The third kappa shape index (κ3) is 5.60. The van der Waals surface area contributed by atoms with Crippen LogP contribution in [0.25, 0.3) is 77.8 Å². The molecule has 4 aromatic heterocycles. The summed E-state index contributed by atoms with van der Waals surface area (Å²) in [7, 11) is 0. The highest BCUT2D eigenvalue weighted by Crippen LogP contribution is 2.40. The normalized spacial score (nSPS) is 12.1. The van der Waals surface area contributed by atoms with Crippen LogP contribution in [0.4, 0.5) is 0 Å². The van der Waals surface area contributed by atoms with Gasteiger partial charge in [-0.1, -0.05) is 154 Å². The molecule has 10 aromatic rings. The third-order valence-electron chi connectivity index (χ3n) is 11.5. The molecule has 0 saturated heterocycles. The smallest absolute Gasteiger partial charge is 0.138 e. The highest BCUT2D eigenvalue weighted by Gasteiger charge is 2.30. The van der Waals surface area contributed by atoms with E-state index in [1.54, 1.807) is 0 Å². The van der Waals surface area contributed by atoms with Gasteiger partial charge in [0.05, 0.1) is 33.5 Å². The number of aromatic nitrogens is 4. The second kappa shape index (κ2) is 13.5. The fraction of sp³-hybridized carbons (Fsp3) is 0.115. The minimum absolute atomic E-state index is 0.179. The number of rotatable bonds is 8. The predicted octanol–water partition coefficient (Wildman–Crippen LogP) is 13.4. The van der Waals surface area contributed by atoms with Gasteiger partial charge < -0.3 is 0 Å². The van der Waals surface area contributed by atoms with Crippen LogP contribution in [-0.4, -0.2) is 19.1 Å². The van der Waals surface area contributed by atoms with Crippen molar-refractivity contribution in [2.75, 3.05) is 0 Å². The fourth-order valence-corrected chi connectivity index (χ4v) is 8.99. The molecule has 6 aromatic carbocycles. The molecule has 0 spiro atoms. The number of nitrogens with zero attached hydrogens (tertiary/aromatic N) is 4. The van der Waals surface area contributed by atoms with E-state index < -0.39 is 0 Å². The molecule has 0 unspecified atom stereocenters. The van der Waals surface area contributed by atoms with Crippen molar-refractivity contribution in [3.8, 4) is 34.2 Å². The van der Waals surface area contributed by atoms with Gasteiger partial charge in [-0.3, -0.25) is 9.13 Å². The van der Waals surface area contributed by atoms with E-state index in [0.717, 1.165) is 62.6 Å². The Kier molecular flexibility index (Phi) is 8.14. The van der Waals surface area contributed by atoms with Gasteiger partial charge in [0, 0.05) is 38.1 Å². The van der Waals surface area contributed by atoms with Crippen LogP contribution in [0.5, 0.6) is 0 Å². The van der Waals surface area contributed by atoms with Gasteiger partial charge in [-0.05, 0) is 72.0 Å². The van der Waals surface area contributed by atoms with Crippen LogP contribution < -0.4 is 0 Å². The van der Waals surface area contributed by atoms with E-state index in [1.807, 2.05) is 0 Å². The summed E-state index contributed by atoms with van der Waals surface area (Å²) < 4.78 is 4.56. The highest BCUT2D eigenvalue weighted by atomic mass is 15.1. The summed E-state index contributed by atoms with van der Waals surface area (Å²) in [6.07, 6.45) is 1.02. The van der Waals surface area contributed by atoms with E-state index >= 15 is 0 Å². The topological polar surface area (TPSA) is 35.6 Å². The van der Waals surface area contributed by atoms with Crippen LogP contribution >= 0.6 is 0 Å². The van der Waals surface area contributed by atoms with Crippen LogP contribution in [-0.2, 0) is 5.41 Å². The zero-order chi connectivity index (χ0) is 37.8. The van der Waals surface area contributed by atoms with Crippen LogP contribution in [0.3, 0.4) is 0 Å². The largest absolute Gasteiger partial charge is 0.294 e. The lowest BCUT2D eigenvalue weighted by Gasteiger charge is -2.33. The van der Waals surface area contributed by atoms with Gasteiger partial charge in [0.2, 0.25) is 0 Å². The summed E-state index contributed by atoms with van der Waals surface area (Å²) in [5, 5.41) is 4.95. The lowest BCUT2D eigenvalue weighted by Crippen LogP contribution is -2.25. The summed E-state index contributed by atoms with van der Waals surface area (Å²) in [5.41, 5.74) is 11.2. The molecule has 10 rings (SSSR count). The molecule has 0 atom stereocenters. The molecule has 0 saturated carbocycles. The van der Waals surface area contributed by atoms with Crippen molar-refractivity contribution in [3.05, 3.63) is 193 Å². The average molecular weight is 723 g/mol. The molecule has 4 nitrogen and oxygen atoms in total. The molecule has 0 bridgehead atoms. The molecule has 0 amide bonds. The first-order chi connectivity index (χ1) is 27.5. The standard InChI is InChI=1S/C52H42N4/c1-35(2)34-52(3,38-30-26-36(27-31-38)44-18-12-24-50(53-44)55-46-20-8-4-14-40(46)41-15-5-9-21-47(41)55)39-32-28-37(29-33-39)45-19-13-25-51(54-45)56-48-22-10-6-16-42(48)43-17-7-11-23-49(43)56/h4-33,35H,34H2,1-3H3. The number of fused-ring (bicyclic) bond motifs is 6. The van der Waals surface area contributed by atoms with Crippen molar-refractivity contribution in [2.45, 2.75) is 32.6 Å². The average Bonchev–Trinajstić information content (AvgIpc) is 3.77. The quantitative estimate of drug-likeness (QED) is 0.157. The summed E-state index contributed by atoms with van der Waals surface area (Å²) in [6, 6.07) is 65.2. The molecule has 0 N–H and O–H groups in total. The Morgan fingerprint density at radius 2 is 0.750 bits per heavy atom. The maximum atomic E-state index is 5.23. The van der Waals surface area contributed by atoms with Crippen LogP contribution in [0, 0.1) is 5.92 Å². The van der Waals surface area contributed by atoms with Crippen molar-refractivity contribution < 1.29 is 0 Å². The highest BCUT2D eigenvalue weighted by molar-refractivity contribution is 6.10. The van der Waals surface area contributed by atoms with E-state index in [9.17, 15) is 0 Å². The van der Waals surface area contributed by atoms with E-state index in [2.05, 4.69) is 212 Å². The van der Waals surface area contributed by atoms with E-state index in [0.29, 0.717) is 5.92 Å². The molecule has 0 fully saturated rings. The molecular weight excluding hydrogens is 681 g/mol. The minimum Gasteiger partial charge on any atom is -0.294 e. The zero-order valence-corrected chi connectivity index (χ0v) is 31.9. The second-order valence-electron chi connectivity index (χ2n) is 15.6. The maximum Gasteiger partial charge on any atom is 0.138 e. The minimum atomic E-state index is -0.179. The lowest BCUT2D eigenvalue weighted by atomic mass is 9.71. The van der Waals surface area contributed by atoms with Crippen LogP contribution in [0.1, 0.15) is 38.3 Å². The van der Waals surface area contributed by atoms with Gasteiger partial charge >= 0.3 is 0 Å². The van der Waals surface area contributed by atoms with E-state index in [1.165, 1.54) is 32.7 Å². The molecule has 4 heterocycles. The van der Waals surface area contributed by atoms with Crippen LogP contribution in [0.2, 0.25) is 0 Å². The molecular formula is C52H42N4. The van der Waals surface area contributed by atoms with Crippen molar-refractivity contribution in [3.63, 3.8) is 0 Å². The predicted molar refractivity (Wildman–Crippen MR) is 234 cm³/mol. The first kappa shape index (κ1) is 33.8. The Balaban J connectivity index is 0.972. The van der Waals surface area contributed by atoms with Gasteiger partial charge in [-0.15, -0.1) is 0 Å². The Bertz CT molecular complexity index is 2730. The summed E-state index contributed by atoms with van der Waals surface area (Å²) in [6.45, 7) is 7.02. The number of para-hydroxylation sites is 4. The lowest BCUT2D eigenvalue weighted by molar-refractivity contribution is 0.427. The van der Waals surface area contributed by atoms with Crippen molar-refractivity contribution in [1.82, 2.24) is 19.1 Å². The third-order valence-corrected chi connectivity index (χ3v) is 11.5. The number of benzene rings is 6. The Morgan fingerprint density at radius 1 is 0.411 bits per heavy atom. The zero-order valence-electron chi connectivity index (χ0n) is 31.9. The fourth-order valence-electron chi connectivity index (χ4n) is 8.99. The monoisotopic (exact) mass is 722 g/mol. The number of hydrogen-bond donors (Lipinski definition) is 0. The van der Waals surface area contributed by atoms with Crippen LogP contribution in [0.15, 0.2) is 182 Å². The first-order valence-corrected chi connectivity index (χ1v) is 19.6. The molecule has 4 heteroatoms. The van der Waals surface area contributed by atoms with Gasteiger partial charge in [0.25, 0.3) is 0 Å². The summed E-state index contributed by atoms with van der Waals surface area (Å²) in [5.74, 6) is 2.35. The molecule has 0 aliphatic heterocycles. The summed E-state index contributed by atoms with van der Waals surface area (Å²) >= 11 is 0. The summed E-state index contributed by atoms with van der Waals surface area (Å²) in [4.78, 5) is 10.5. The van der Waals surface area contributed by atoms with Gasteiger partial charge in [-0.25, -0.2) is 9.97 Å². The Morgan fingerprint density at radius 3 is 1.09 bits per heavy atom. The van der Waals surface area contributed by atoms with Gasteiger partial charge in [0.1, 0.15) is 11.6 Å². The second-order valence-corrected chi connectivity index (χ2v) is 15.6. The van der Waals surface area contributed by atoms with Gasteiger partial charge in [-0.2, -0.15) is 0 Å². The molecule has 0 radical (unpaired) electrons. The first-order valence-electron chi connectivity index (χ1n) is 19.6. The van der Waals surface area contributed by atoms with Gasteiger partial charge in [0.15, 0.2) is 0 Å². The van der Waals surface area contributed by atoms with Crippen molar-refractivity contribution in [2.24, 2.45) is 5.92 Å². The molecule has 0 aliphatic rings. The Labute approximate surface area is 327 Å². The molecule has 270 valence electrons.